The molecule has 0 aromatic heterocycles. The largest absolute Gasteiger partial charge is 0.459 e. The third-order valence-electron chi connectivity index (χ3n) is 3.98. The molecule has 2 heterocycles. The van der Waals surface area contributed by atoms with Crippen molar-refractivity contribution in [3.05, 3.63) is 52.1 Å². The van der Waals surface area contributed by atoms with Crippen molar-refractivity contribution < 1.29 is 19.2 Å². The molecule has 2 aliphatic rings. The van der Waals surface area contributed by atoms with E-state index in [4.69, 9.17) is 10.5 Å². The molecule has 2 N–H and O–H groups in total. The number of fused-ring (bicyclic) bond motifs is 1. The molecular weight excluding hydrogens is 334 g/mol. The summed E-state index contributed by atoms with van der Waals surface area (Å²) in [4.78, 5) is 35.8. The number of carbonyl (C=O) groups is 2. The highest BCUT2D eigenvalue weighted by Crippen LogP contribution is 2.39. The van der Waals surface area contributed by atoms with Crippen LogP contribution in [0.5, 0.6) is 0 Å². The first-order valence-corrected chi connectivity index (χ1v) is 8.22. The van der Waals surface area contributed by atoms with E-state index in [9.17, 15) is 19.7 Å². The SMILES string of the molecule is C=C1CS[C@H]2C(N)C(=O)N2C1C(=O)OCc1ccc([N+](=O)[O-])cc1. The highest BCUT2D eigenvalue weighted by atomic mass is 32.2. The standard InChI is InChI=1S/C15H15N3O5S/c1-8-7-24-14-11(16)13(19)17(14)12(8)15(20)23-6-9-2-4-10(5-3-9)18(21)22/h2-5,11-12,14H,1,6-7,16H2/t11?,12?,14-/m0/s1. The Morgan fingerprint density at radius 3 is 2.75 bits per heavy atom. The Morgan fingerprint density at radius 1 is 1.46 bits per heavy atom. The molecule has 2 unspecified atom stereocenters. The predicted octanol–water partition coefficient (Wildman–Crippen LogP) is 0.805. The van der Waals surface area contributed by atoms with Crippen LogP contribution in [0.4, 0.5) is 5.69 Å². The highest BCUT2D eigenvalue weighted by Gasteiger charge is 2.54. The van der Waals surface area contributed by atoms with Crippen molar-refractivity contribution in [1.29, 1.82) is 0 Å². The summed E-state index contributed by atoms with van der Waals surface area (Å²) in [5.74, 6) is -0.311. The van der Waals surface area contributed by atoms with E-state index in [1.165, 1.54) is 40.9 Å². The normalized spacial score (nSPS) is 25.7. The summed E-state index contributed by atoms with van der Waals surface area (Å²) in [6, 6.07) is 4.31. The van der Waals surface area contributed by atoms with E-state index in [-0.39, 0.29) is 23.6 Å². The highest BCUT2D eigenvalue weighted by molar-refractivity contribution is 8.00. The molecule has 126 valence electrons. The van der Waals surface area contributed by atoms with E-state index < -0.39 is 23.0 Å². The Hall–Kier alpha value is -2.39. The van der Waals surface area contributed by atoms with Crippen LogP contribution in [0.3, 0.4) is 0 Å². The lowest BCUT2D eigenvalue weighted by atomic mass is 9.99. The maximum atomic E-state index is 12.4. The summed E-state index contributed by atoms with van der Waals surface area (Å²) in [5, 5.41) is 10.4. The van der Waals surface area contributed by atoms with Crippen molar-refractivity contribution >= 4 is 29.3 Å². The minimum absolute atomic E-state index is 0.0352. The zero-order valence-electron chi connectivity index (χ0n) is 12.6. The van der Waals surface area contributed by atoms with E-state index in [0.29, 0.717) is 16.9 Å². The van der Waals surface area contributed by atoms with Crippen molar-refractivity contribution in [2.45, 2.75) is 24.1 Å². The summed E-state index contributed by atoms with van der Waals surface area (Å²) in [6.45, 7) is 3.81. The molecule has 24 heavy (non-hydrogen) atoms. The second-order valence-electron chi connectivity index (χ2n) is 5.56. The molecule has 9 heteroatoms. The van der Waals surface area contributed by atoms with Crippen LogP contribution in [0.15, 0.2) is 36.4 Å². The van der Waals surface area contributed by atoms with Gasteiger partial charge < -0.3 is 15.4 Å². The van der Waals surface area contributed by atoms with E-state index in [2.05, 4.69) is 6.58 Å². The fourth-order valence-corrected chi connectivity index (χ4v) is 3.92. The molecule has 1 aromatic carbocycles. The number of nitro groups is 1. The van der Waals surface area contributed by atoms with Crippen LogP contribution < -0.4 is 5.73 Å². The van der Waals surface area contributed by atoms with Crippen LogP contribution in [0.25, 0.3) is 0 Å². The Kier molecular flexibility index (Phi) is 4.29. The van der Waals surface area contributed by atoms with Gasteiger partial charge in [0.1, 0.15) is 18.0 Å². The van der Waals surface area contributed by atoms with Crippen LogP contribution in [0.1, 0.15) is 5.56 Å². The number of amides is 1. The minimum atomic E-state index is -0.818. The smallest absolute Gasteiger partial charge is 0.333 e. The topological polar surface area (TPSA) is 116 Å². The van der Waals surface area contributed by atoms with Crippen molar-refractivity contribution in [3.63, 3.8) is 0 Å². The van der Waals surface area contributed by atoms with Crippen LogP contribution in [-0.2, 0) is 20.9 Å². The second kappa shape index (κ2) is 6.25. The fourth-order valence-electron chi connectivity index (χ4n) is 2.66. The molecule has 2 aliphatic heterocycles. The number of nitro benzene ring substituents is 1. The number of nitrogens with zero attached hydrogens (tertiary/aromatic N) is 2. The Bertz CT molecular complexity index is 720. The molecule has 0 saturated carbocycles. The lowest BCUT2D eigenvalue weighted by Crippen LogP contribution is -2.73. The molecular formula is C15H15N3O5S. The molecule has 8 nitrogen and oxygen atoms in total. The number of rotatable bonds is 4. The van der Waals surface area contributed by atoms with E-state index >= 15 is 0 Å². The molecule has 2 saturated heterocycles. The molecule has 3 rings (SSSR count). The van der Waals surface area contributed by atoms with Gasteiger partial charge in [-0.25, -0.2) is 4.79 Å². The van der Waals surface area contributed by atoms with Crippen LogP contribution in [-0.4, -0.2) is 44.9 Å². The zero-order chi connectivity index (χ0) is 17.4. The van der Waals surface area contributed by atoms with Gasteiger partial charge in [0.15, 0.2) is 6.04 Å². The minimum Gasteiger partial charge on any atom is -0.459 e. The Labute approximate surface area is 141 Å². The first-order valence-electron chi connectivity index (χ1n) is 7.17. The summed E-state index contributed by atoms with van der Waals surface area (Å²) in [6.07, 6.45) is 0. The number of benzene rings is 1. The average molecular weight is 349 g/mol. The van der Waals surface area contributed by atoms with Crippen molar-refractivity contribution in [3.8, 4) is 0 Å². The monoisotopic (exact) mass is 349 g/mol. The molecule has 3 atom stereocenters. The van der Waals surface area contributed by atoms with E-state index in [0.717, 1.165) is 0 Å². The molecule has 2 fully saturated rings. The number of β-lactam (4-membered cyclic amide) rings is 1. The molecule has 0 bridgehead atoms. The third-order valence-corrected chi connectivity index (χ3v) is 5.38. The van der Waals surface area contributed by atoms with Gasteiger partial charge in [0.2, 0.25) is 5.91 Å². The van der Waals surface area contributed by atoms with Gasteiger partial charge in [-0.2, -0.15) is 0 Å². The zero-order valence-corrected chi connectivity index (χ0v) is 13.4. The number of non-ortho nitro benzene ring substituents is 1. The second-order valence-corrected chi connectivity index (χ2v) is 6.67. The van der Waals surface area contributed by atoms with Gasteiger partial charge in [-0.15, -0.1) is 11.8 Å². The van der Waals surface area contributed by atoms with E-state index in [1.807, 2.05) is 0 Å². The lowest BCUT2D eigenvalue weighted by Gasteiger charge is -2.51. The van der Waals surface area contributed by atoms with Crippen LogP contribution in [0, 0.1) is 10.1 Å². The number of esters is 1. The molecule has 1 aromatic rings. The van der Waals surface area contributed by atoms with Crippen molar-refractivity contribution in [2.24, 2.45) is 5.73 Å². The maximum absolute atomic E-state index is 12.4. The fraction of sp³-hybridized carbons (Fsp3) is 0.333. The van der Waals surface area contributed by atoms with Gasteiger partial charge in [-0.3, -0.25) is 14.9 Å². The third kappa shape index (κ3) is 2.76. The molecule has 0 aliphatic carbocycles. The Morgan fingerprint density at radius 2 is 2.12 bits per heavy atom. The summed E-state index contributed by atoms with van der Waals surface area (Å²) < 4.78 is 5.26. The summed E-state index contributed by atoms with van der Waals surface area (Å²) in [7, 11) is 0. The first kappa shape index (κ1) is 16.5. The van der Waals surface area contributed by atoms with E-state index in [1.54, 1.807) is 0 Å². The van der Waals surface area contributed by atoms with Crippen LogP contribution >= 0.6 is 11.8 Å². The number of carbonyl (C=O) groups excluding carboxylic acids is 2. The van der Waals surface area contributed by atoms with Gasteiger partial charge in [-0.1, -0.05) is 6.58 Å². The first-order chi connectivity index (χ1) is 11.4. The summed E-state index contributed by atoms with van der Waals surface area (Å²) in [5.41, 5.74) is 6.92. The quantitative estimate of drug-likeness (QED) is 0.281. The Balaban J connectivity index is 1.64. The number of ether oxygens (including phenoxy) is 1. The predicted molar refractivity (Wildman–Crippen MR) is 86.9 cm³/mol. The number of nitrogens with two attached hydrogens (primary N) is 1. The van der Waals surface area contributed by atoms with Crippen molar-refractivity contribution in [2.75, 3.05) is 5.75 Å². The van der Waals surface area contributed by atoms with Gasteiger partial charge in [0.05, 0.1) is 4.92 Å². The van der Waals surface area contributed by atoms with Crippen LogP contribution in [0.2, 0.25) is 0 Å². The number of hydrogen-bond donors (Lipinski definition) is 1. The maximum Gasteiger partial charge on any atom is 0.333 e. The molecule has 0 radical (unpaired) electrons. The number of thioether (sulfide) groups is 1. The van der Waals surface area contributed by atoms with Gasteiger partial charge in [0, 0.05) is 17.9 Å². The van der Waals surface area contributed by atoms with Crippen molar-refractivity contribution in [1.82, 2.24) is 4.90 Å². The van der Waals surface area contributed by atoms with Gasteiger partial charge >= 0.3 is 5.97 Å². The average Bonchev–Trinajstić information content (AvgIpc) is 2.59. The van der Waals surface area contributed by atoms with Gasteiger partial charge in [0.25, 0.3) is 5.69 Å². The lowest BCUT2D eigenvalue weighted by molar-refractivity contribution is -0.384. The van der Waals surface area contributed by atoms with Gasteiger partial charge in [-0.05, 0) is 23.3 Å². The molecule has 0 spiro atoms. The molecule has 1 amide bonds. The summed E-state index contributed by atoms with van der Waals surface area (Å²) >= 11 is 1.48. The number of hydrogen-bond acceptors (Lipinski definition) is 7.